The third kappa shape index (κ3) is 43.8. The first-order valence-electron chi connectivity index (χ1n) is 23.4. The van der Waals surface area contributed by atoms with E-state index in [-0.39, 0.29) is 37.5 Å². The van der Waals surface area contributed by atoms with Gasteiger partial charge in [0, 0.05) is 19.3 Å². The average Bonchev–Trinajstić information content (AvgIpc) is 3.21. The van der Waals surface area contributed by atoms with E-state index in [1.54, 1.807) is 0 Å². The molecule has 0 saturated carbocycles. The minimum atomic E-state index is -0.805. The van der Waals surface area contributed by atoms with Gasteiger partial charge in [0.15, 0.2) is 6.10 Å². The van der Waals surface area contributed by atoms with E-state index in [0.29, 0.717) is 19.3 Å². The molecule has 0 aromatic carbocycles. The summed E-state index contributed by atoms with van der Waals surface area (Å²) in [5.74, 6) is -0.981. The molecular weight excluding hydrogens is 709 g/mol. The van der Waals surface area contributed by atoms with Gasteiger partial charge in [0.1, 0.15) is 13.2 Å². The lowest BCUT2D eigenvalue weighted by molar-refractivity contribution is -0.167. The monoisotopic (exact) mass is 795 g/mol. The molecule has 0 heterocycles. The Morgan fingerprint density at radius 3 is 1.19 bits per heavy atom. The molecule has 0 rings (SSSR count). The van der Waals surface area contributed by atoms with Crippen molar-refractivity contribution in [3.63, 3.8) is 0 Å². The molecular formula is C51H86O6. The molecule has 0 N–H and O–H groups in total. The molecule has 0 aliphatic rings. The van der Waals surface area contributed by atoms with Crippen molar-refractivity contribution in [1.29, 1.82) is 0 Å². The zero-order chi connectivity index (χ0) is 41.5. The summed E-state index contributed by atoms with van der Waals surface area (Å²) in [7, 11) is 0. The topological polar surface area (TPSA) is 78.9 Å². The molecule has 57 heavy (non-hydrogen) atoms. The van der Waals surface area contributed by atoms with Crippen LogP contribution in [-0.4, -0.2) is 37.2 Å². The van der Waals surface area contributed by atoms with Crippen molar-refractivity contribution in [2.45, 2.75) is 219 Å². The highest BCUT2D eigenvalue weighted by Gasteiger charge is 2.19. The number of rotatable bonds is 41. The van der Waals surface area contributed by atoms with Crippen LogP contribution in [0.5, 0.6) is 0 Å². The van der Waals surface area contributed by atoms with E-state index in [0.717, 1.165) is 89.9 Å². The maximum absolute atomic E-state index is 12.7. The molecule has 1 atom stereocenters. The molecule has 0 radical (unpaired) electrons. The number of esters is 3. The third-order valence-electron chi connectivity index (χ3n) is 9.66. The highest BCUT2D eigenvalue weighted by molar-refractivity contribution is 5.71. The van der Waals surface area contributed by atoms with E-state index in [1.165, 1.54) is 77.0 Å². The smallest absolute Gasteiger partial charge is 0.306 e. The average molecular weight is 795 g/mol. The summed E-state index contributed by atoms with van der Waals surface area (Å²) in [5, 5.41) is 0. The second-order valence-electron chi connectivity index (χ2n) is 15.3. The summed E-state index contributed by atoms with van der Waals surface area (Å²) in [5.41, 5.74) is 0. The molecule has 0 aliphatic heterocycles. The van der Waals surface area contributed by atoms with Crippen molar-refractivity contribution in [3.8, 4) is 0 Å². The Balaban J connectivity index is 4.42. The molecule has 0 fully saturated rings. The molecule has 1 unspecified atom stereocenters. The Morgan fingerprint density at radius 2 is 0.719 bits per heavy atom. The van der Waals surface area contributed by atoms with Crippen molar-refractivity contribution in [2.75, 3.05) is 13.2 Å². The summed E-state index contributed by atoms with van der Waals surface area (Å²) >= 11 is 0. The van der Waals surface area contributed by atoms with Gasteiger partial charge in [-0.25, -0.2) is 0 Å². The Morgan fingerprint density at radius 1 is 0.368 bits per heavy atom. The van der Waals surface area contributed by atoms with Gasteiger partial charge < -0.3 is 14.2 Å². The van der Waals surface area contributed by atoms with E-state index in [1.807, 2.05) is 0 Å². The summed E-state index contributed by atoms with van der Waals surface area (Å²) in [6, 6.07) is 0. The van der Waals surface area contributed by atoms with E-state index in [2.05, 4.69) is 93.7 Å². The van der Waals surface area contributed by atoms with Gasteiger partial charge in [0.25, 0.3) is 0 Å². The van der Waals surface area contributed by atoms with Crippen LogP contribution >= 0.6 is 0 Å². The molecule has 326 valence electrons. The van der Waals surface area contributed by atoms with Crippen molar-refractivity contribution < 1.29 is 28.6 Å². The van der Waals surface area contributed by atoms with Crippen LogP contribution in [0.25, 0.3) is 0 Å². The predicted octanol–water partition coefficient (Wildman–Crippen LogP) is 15.1. The van der Waals surface area contributed by atoms with Gasteiger partial charge in [-0.1, -0.05) is 171 Å². The van der Waals surface area contributed by atoms with Crippen LogP contribution in [0.15, 0.2) is 72.9 Å². The second kappa shape index (κ2) is 45.6. The normalized spacial score (nSPS) is 12.7. The Kier molecular flexibility index (Phi) is 43.0. The quantitative estimate of drug-likeness (QED) is 0.0265. The second-order valence-corrected chi connectivity index (χ2v) is 15.3. The lowest BCUT2D eigenvalue weighted by atomic mass is 10.1. The number of carbonyl (C=O) groups excluding carboxylic acids is 3. The SMILES string of the molecule is CC/C=C\C/C=C\C/C=C\CCCC(=O)OC(COC(=O)CCCCCCC/C=C\CCCC)COC(=O)CCCCCCCCC/C=C\C/C=C\CCCCC. The predicted molar refractivity (Wildman–Crippen MR) is 242 cm³/mol. The third-order valence-corrected chi connectivity index (χ3v) is 9.66. The summed E-state index contributed by atoms with van der Waals surface area (Å²) in [4.78, 5) is 37.7. The number of allylic oxidation sites excluding steroid dienone is 12. The number of carbonyl (C=O) groups is 3. The maximum atomic E-state index is 12.7. The van der Waals surface area contributed by atoms with Crippen molar-refractivity contribution in [2.24, 2.45) is 0 Å². The molecule has 0 amide bonds. The molecule has 0 bridgehead atoms. The van der Waals surface area contributed by atoms with Crippen LogP contribution in [0.3, 0.4) is 0 Å². The lowest BCUT2D eigenvalue weighted by Gasteiger charge is -2.18. The summed E-state index contributed by atoms with van der Waals surface area (Å²) < 4.78 is 16.6. The Bertz CT molecular complexity index is 1100. The maximum Gasteiger partial charge on any atom is 0.306 e. The van der Waals surface area contributed by atoms with Gasteiger partial charge in [-0.2, -0.15) is 0 Å². The minimum Gasteiger partial charge on any atom is -0.462 e. The fourth-order valence-corrected chi connectivity index (χ4v) is 6.12. The van der Waals surface area contributed by atoms with Gasteiger partial charge in [-0.05, 0) is 96.3 Å². The molecule has 6 heteroatoms. The first-order valence-corrected chi connectivity index (χ1v) is 23.4. The van der Waals surface area contributed by atoms with Gasteiger partial charge in [0.2, 0.25) is 0 Å². The zero-order valence-corrected chi connectivity index (χ0v) is 37.1. The van der Waals surface area contributed by atoms with Crippen molar-refractivity contribution in [3.05, 3.63) is 72.9 Å². The van der Waals surface area contributed by atoms with Crippen LogP contribution in [0, 0.1) is 0 Å². The number of hydrogen-bond donors (Lipinski definition) is 0. The molecule has 0 aromatic rings. The standard InChI is InChI=1S/C51H86O6/c1-4-7-10-13-16-19-22-23-24-25-26-27-30-32-35-38-41-44-50(53)56-47-48(57-51(54)45-42-39-36-33-29-21-18-15-12-9-6-3)46-55-49(52)43-40-37-34-31-28-20-17-14-11-8-5-2/h9,12,14,16-19,21,23-24,33,36,48H,4-8,10-11,13,15,20,22,25-32,34-35,37-47H2,1-3H3/b12-9-,17-14-,19-16-,21-18-,24-23-,36-33-. The van der Waals surface area contributed by atoms with E-state index in [4.69, 9.17) is 14.2 Å². The van der Waals surface area contributed by atoms with Crippen LogP contribution in [0.2, 0.25) is 0 Å². The highest BCUT2D eigenvalue weighted by Crippen LogP contribution is 2.13. The van der Waals surface area contributed by atoms with Crippen LogP contribution in [0.1, 0.15) is 213 Å². The fraction of sp³-hybridized carbons (Fsp3) is 0.706. The molecule has 0 spiro atoms. The van der Waals surface area contributed by atoms with Crippen LogP contribution in [0.4, 0.5) is 0 Å². The summed E-state index contributed by atoms with van der Waals surface area (Å²) in [6.45, 7) is 6.38. The fourth-order valence-electron chi connectivity index (χ4n) is 6.12. The Hall–Kier alpha value is -3.15. The van der Waals surface area contributed by atoms with Crippen molar-refractivity contribution >= 4 is 17.9 Å². The van der Waals surface area contributed by atoms with Gasteiger partial charge in [0.05, 0.1) is 0 Å². The first kappa shape index (κ1) is 53.9. The van der Waals surface area contributed by atoms with E-state index in [9.17, 15) is 14.4 Å². The van der Waals surface area contributed by atoms with Crippen LogP contribution in [-0.2, 0) is 28.6 Å². The molecule has 6 nitrogen and oxygen atoms in total. The zero-order valence-electron chi connectivity index (χ0n) is 37.1. The van der Waals surface area contributed by atoms with E-state index < -0.39 is 6.10 Å². The summed E-state index contributed by atoms with van der Waals surface area (Å²) in [6.07, 6.45) is 56.1. The van der Waals surface area contributed by atoms with Gasteiger partial charge >= 0.3 is 17.9 Å². The van der Waals surface area contributed by atoms with Crippen molar-refractivity contribution in [1.82, 2.24) is 0 Å². The van der Waals surface area contributed by atoms with E-state index >= 15 is 0 Å². The van der Waals surface area contributed by atoms with Gasteiger partial charge in [-0.15, -0.1) is 0 Å². The molecule has 0 saturated heterocycles. The minimum absolute atomic E-state index is 0.103. The first-order chi connectivity index (χ1) is 28.0. The molecule has 0 aliphatic carbocycles. The molecule has 0 aromatic heterocycles. The van der Waals surface area contributed by atoms with Crippen LogP contribution < -0.4 is 0 Å². The Labute approximate surface area is 351 Å². The number of ether oxygens (including phenoxy) is 3. The number of hydrogen-bond acceptors (Lipinski definition) is 6. The number of unbranched alkanes of at least 4 members (excludes halogenated alkanes) is 18. The van der Waals surface area contributed by atoms with Gasteiger partial charge in [-0.3, -0.25) is 14.4 Å². The lowest BCUT2D eigenvalue weighted by Crippen LogP contribution is -2.30. The largest absolute Gasteiger partial charge is 0.462 e. The highest BCUT2D eigenvalue weighted by atomic mass is 16.6.